The summed E-state index contributed by atoms with van der Waals surface area (Å²) < 4.78 is 5.63. The van der Waals surface area contributed by atoms with E-state index in [0.29, 0.717) is 13.2 Å². The molecule has 1 aliphatic heterocycles. The summed E-state index contributed by atoms with van der Waals surface area (Å²) in [5.41, 5.74) is 2.24. The second kappa shape index (κ2) is 9.77. The van der Waals surface area contributed by atoms with Crippen LogP contribution in [0.1, 0.15) is 30.9 Å². The predicted octanol–water partition coefficient (Wildman–Crippen LogP) is 4.27. The van der Waals surface area contributed by atoms with E-state index in [1.54, 1.807) is 0 Å². The van der Waals surface area contributed by atoms with E-state index in [1.807, 2.05) is 49.4 Å². The molecular weight excluding hydrogens is 360 g/mol. The highest BCUT2D eigenvalue weighted by Crippen LogP contribution is 2.22. The number of piperidine rings is 1. The van der Waals surface area contributed by atoms with Gasteiger partial charge in [-0.25, -0.2) is 0 Å². The molecule has 0 spiro atoms. The van der Waals surface area contributed by atoms with Gasteiger partial charge in [0, 0.05) is 29.6 Å². The molecule has 0 aromatic heterocycles. The fraction of sp³-hybridized carbons (Fsp3) is 0.409. The third-order valence-electron chi connectivity index (χ3n) is 4.98. The first kappa shape index (κ1) is 19.7. The van der Waals surface area contributed by atoms with Crippen LogP contribution in [0.25, 0.3) is 0 Å². The first-order chi connectivity index (χ1) is 13.2. The number of benzene rings is 2. The van der Waals surface area contributed by atoms with E-state index >= 15 is 0 Å². The fourth-order valence-corrected chi connectivity index (χ4v) is 3.73. The van der Waals surface area contributed by atoms with Gasteiger partial charge in [-0.3, -0.25) is 9.69 Å². The molecule has 3 rings (SSSR count). The van der Waals surface area contributed by atoms with Crippen molar-refractivity contribution in [2.24, 2.45) is 5.92 Å². The van der Waals surface area contributed by atoms with E-state index < -0.39 is 0 Å². The Labute approximate surface area is 166 Å². The molecule has 5 heteroatoms. The quantitative estimate of drug-likeness (QED) is 0.772. The van der Waals surface area contributed by atoms with Gasteiger partial charge < -0.3 is 10.1 Å². The Morgan fingerprint density at radius 1 is 1.19 bits per heavy atom. The van der Waals surface area contributed by atoms with Crippen LogP contribution >= 0.6 is 11.6 Å². The van der Waals surface area contributed by atoms with E-state index in [9.17, 15) is 4.79 Å². The molecule has 1 saturated heterocycles. The number of para-hydroxylation sites is 1. The average Bonchev–Trinajstić information content (AvgIpc) is 2.68. The van der Waals surface area contributed by atoms with Crippen molar-refractivity contribution in [2.75, 3.05) is 19.7 Å². The average molecular weight is 387 g/mol. The number of nitrogens with zero attached hydrogens (tertiary/aromatic N) is 1. The number of halogens is 1. The Kier molecular flexibility index (Phi) is 7.13. The van der Waals surface area contributed by atoms with Gasteiger partial charge in [-0.2, -0.15) is 0 Å². The van der Waals surface area contributed by atoms with Crippen molar-refractivity contribution in [2.45, 2.75) is 32.9 Å². The number of hydrogen-bond donors (Lipinski definition) is 1. The second-order valence-corrected chi connectivity index (χ2v) is 7.38. The first-order valence-electron chi connectivity index (χ1n) is 9.61. The summed E-state index contributed by atoms with van der Waals surface area (Å²) in [4.78, 5) is 15.0. The number of hydrogen-bond acceptors (Lipinski definition) is 3. The number of ether oxygens (including phenoxy) is 1. The van der Waals surface area contributed by atoms with Crippen LogP contribution in [0, 0.1) is 5.92 Å². The molecule has 1 amide bonds. The zero-order valence-electron chi connectivity index (χ0n) is 15.8. The maximum Gasteiger partial charge on any atom is 0.223 e. The molecule has 27 heavy (non-hydrogen) atoms. The Bertz CT molecular complexity index is 757. The summed E-state index contributed by atoms with van der Waals surface area (Å²) in [7, 11) is 0. The topological polar surface area (TPSA) is 41.6 Å². The van der Waals surface area contributed by atoms with Gasteiger partial charge in [0.05, 0.1) is 6.61 Å². The molecule has 2 aromatic carbocycles. The van der Waals surface area contributed by atoms with Crippen LogP contribution in [0.5, 0.6) is 5.75 Å². The van der Waals surface area contributed by atoms with E-state index in [0.717, 1.165) is 48.8 Å². The number of rotatable bonds is 7. The highest BCUT2D eigenvalue weighted by Gasteiger charge is 2.25. The number of amides is 1. The summed E-state index contributed by atoms with van der Waals surface area (Å²) in [5.74, 6) is 1.07. The molecule has 0 radical (unpaired) electrons. The van der Waals surface area contributed by atoms with Crippen LogP contribution in [0.4, 0.5) is 0 Å². The van der Waals surface area contributed by atoms with Crippen LogP contribution in [-0.4, -0.2) is 30.5 Å². The van der Waals surface area contributed by atoms with Gasteiger partial charge in [-0.05, 0) is 56.6 Å². The smallest absolute Gasteiger partial charge is 0.223 e. The Hall–Kier alpha value is -2.04. The SMILES string of the molecule is CCOc1ccccc1CNC(=O)C1CCN(Cc2cccc(Cl)c2)CC1. The second-order valence-electron chi connectivity index (χ2n) is 6.94. The maximum atomic E-state index is 12.6. The Balaban J connectivity index is 1.46. The minimum Gasteiger partial charge on any atom is -0.494 e. The minimum absolute atomic E-state index is 0.0832. The summed E-state index contributed by atoms with van der Waals surface area (Å²) in [6, 6.07) is 15.8. The van der Waals surface area contributed by atoms with Crippen molar-refractivity contribution >= 4 is 17.5 Å². The molecule has 1 N–H and O–H groups in total. The largest absolute Gasteiger partial charge is 0.494 e. The monoisotopic (exact) mass is 386 g/mol. The van der Waals surface area contributed by atoms with E-state index in [-0.39, 0.29) is 11.8 Å². The molecular formula is C22H27ClN2O2. The molecule has 4 nitrogen and oxygen atoms in total. The molecule has 0 atom stereocenters. The van der Waals surface area contributed by atoms with E-state index in [2.05, 4.69) is 16.3 Å². The fourth-order valence-electron chi connectivity index (χ4n) is 3.52. The number of nitrogens with one attached hydrogen (secondary N) is 1. The molecule has 0 bridgehead atoms. The third-order valence-corrected chi connectivity index (χ3v) is 5.21. The van der Waals surface area contributed by atoms with Gasteiger partial charge >= 0.3 is 0 Å². The lowest BCUT2D eigenvalue weighted by atomic mass is 9.95. The standard InChI is InChI=1S/C22H27ClN2O2/c1-2-27-21-9-4-3-7-19(21)15-24-22(26)18-10-12-25(13-11-18)16-17-6-5-8-20(23)14-17/h3-9,14,18H,2,10-13,15-16H2,1H3,(H,24,26). The van der Waals surface area contributed by atoms with Crippen molar-refractivity contribution in [3.05, 3.63) is 64.7 Å². The maximum absolute atomic E-state index is 12.6. The van der Waals surface area contributed by atoms with E-state index in [4.69, 9.17) is 16.3 Å². The summed E-state index contributed by atoms with van der Waals surface area (Å²) in [6.07, 6.45) is 1.78. The van der Waals surface area contributed by atoms with Gasteiger partial charge in [0.25, 0.3) is 0 Å². The van der Waals surface area contributed by atoms with E-state index in [1.165, 1.54) is 5.56 Å². The summed E-state index contributed by atoms with van der Waals surface area (Å²) in [6.45, 7) is 5.84. The Morgan fingerprint density at radius 3 is 2.70 bits per heavy atom. The zero-order chi connectivity index (χ0) is 19.1. The summed E-state index contributed by atoms with van der Waals surface area (Å²) >= 11 is 6.06. The number of carbonyl (C=O) groups excluding carboxylic acids is 1. The zero-order valence-corrected chi connectivity index (χ0v) is 16.5. The van der Waals surface area contributed by atoms with Crippen LogP contribution in [-0.2, 0) is 17.9 Å². The molecule has 1 aliphatic rings. The Morgan fingerprint density at radius 2 is 1.96 bits per heavy atom. The highest BCUT2D eigenvalue weighted by atomic mass is 35.5. The van der Waals surface area contributed by atoms with Crippen molar-refractivity contribution in [3.63, 3.8) is 0 Å². The van der Waals surface area contributed by atoms with Crippen LogP contribution in [0.2, 0.25) is 5.02 Å². The highest BCUT2D eigenvalue weighted by molar-refractivity contribution is 6.30. The van der Waals surface area contributed by atoms with Crippen molar-refractivity contribution in [3.8, 4) is 5.75 Å². The molecule has 0 saturated carbocycles. The van der Waals surface area contributed by atoms with Crippen molar-refractivity contribution in [1.29, 1.82) is 0 Å². The predicted molar refractivity (Wildman–Crippen MR) is 109 cm³/mol. The van der Waals surface area contributed by atoms with Gasteiger partial charge in [-0.15, -0.1) is 0 Å². The lowest BCUT2D eigenvalue weighted by molar-refractivity contribution is -0.126. The third kappa shape index (κ3) is 5.72. The van der Waals surface area contributed by atoms with Crippen molar-refractivity contribution < 1.29 is 9.53 Å². The lowest BCUT2D eigenvalue weighted by Gasteiger charge is -2.31. The molecule has 2 aromatic rings. The normalized spacial score (nSPS) is 15.5. The van der Waals surface area contributed by atoms with Gasteiger partial charge in [0.1, 0.15) is 5.75 Å². The van der Waals surface area contributed by atoms with Gasteiger partial charge in [0.2, 0.25) is 5.91 Å². The molecule has 0 aliphatic carbocycles. The van der Waals surface area contributed by atoms with Gasteiger partial charge in [0.15, 0.2) is 0 Å². The molecule has 1 heterocycles. The first-order valence-corrected chi connectivity index (χ1v) is 9.98. The lowest BCUT2D eigenvalue weighted by Crippen LogP contribution is -2.40. The summed E-state index contributed by atoms with van der Waals surface area (Å²) in [5, 5.41) is 3.86. The molecule has 144 valence electrons. The molecule has 1 fully saturated rings. The van der Waals surface area contributed by atoms with Crippen LogP contribution in [0.15, 0.2) is 48.5 Å². The van der Waals surface area contributed by atoms with Crippen molar-refractivity contribution in [1.82, 2.24) is 10.2 Å². The van der Waals surface area contributed by atoms with Gasteiger partial charge in [-0.1, -0.05) is 41.9 Å². The molecule has 0 unspecified atom stereocenters. The van der Waals surface area contributed by atoms with Crippen LogP contribution in [0.3, 0.4) is 0 Å². The number of carbonyl (C=O) groups is 1. The minimum atomic E-state index is 0.0832. The van der Waals surface area contributed by atoms with Crippen LogP contribution < -0.4 is 10.1 Å². The number of likely N-dealkylation sites (tertiary alicyclic amines) is 1.